The number of hydrogen-bond acceptors (Lipinski definition) is 4. The van der Waals surface area contributed by atoms with Gasteiger partial charge in [-0.3, -0.25) is 4.79 Å². The normalized spacial score (nSPS) is 19.4. The van der Waals surface area contributed by atoms with E-state index in [0.29, 0.717) is 0 Å². The van der Waals surface area contributed by atoms with E-state index >= 15 is 0 Å². The zero-order valence-electron chi connectivity index (χ0n) is 10.2. The Morgan fingerprint density at radius 2 is 2.44 bits per heavy atom. The Balaban J connectivity index is 1.88. The number of carbonyl (C=O) groups excluding carboxylic acids is 1. The van der Waals surface area contributed by atoms with Gasteiger partial charge in [-0.05, 0) is 18.6 Å². The van der Waals surface area contributed by atoms with Gasteiger partial charge in [0.25, 0.3) is 0 Å². The summed E-state index contributed by atoms with van der Waals surface area (Å²) in [6.07, 6.45) is 4.28. The molecule has 1 amide bonds. The van der Waals surface area contributed by atoms with Crippen LogP contribution in [0.1, 0.15) is 6.42 Å². The maximum atomic E-state index is 11.6. The van der Waals surface area contributed by atoms with Gasteiger partial charge < -0.3 is 14.6 Å². The summed E-state index contributed by atoms with van der Waals surface area (Å²) in [5.74, 6) is 1.07. The third kappa shape index (κ3) is 1.72. The van der Waals surface area contributed by atoms with Crippen LogP contribution in [0.15, 0.2) is 29.0 Å². The Labute approximate surface area is 105 Å². The molecule has 0 aliphatic carbocycles. The van der Waals surface area contributed by atoms with Gasteiger partial charge in [-0.15, -0.1) is 0 Å². The first kappa shape index (κ1) is 11.1. The van der Waals surface area contributed by atoms with Gasteiger partial charge in [0.2, 0.25) is 5.91 Å². The number of hydrogen-bond donors (Lipinski definition) is 1. The van der Waals surface area contributed by atoms with Crippen LogP contribution in [-0.4, -0.2) is 31.0 Å². The number of rotatable bonds is 2. The minimum absolute atomic E-state index is 0.0546. The minimum Gasteiger partial charge on any atom is -0.464 e. The van der Waals surface area contributed by atoms with Crippen molar-refractivity contribution in [2.75, 3.05) is 25.0 Å². The lowest BCUT2D eigenvalue weighted by atomic mass is 10.1. The highest BCUT2D eigenvalue weighted by Gasteiger charge is 2.29. The lowest BCUT2D eigenvalue weighted by Crippen LogP contribution is -2.30. The zero-order chi connectivity index (χ0) is 12.5. The number of nitrogens with one attached hydrogen (secondary N) is 1. The molecular weight excluding hydrogens is 230 g/mol. The van der Waals surface area contributed by atoms with Gasteiger partial charge in [-0.2, -0.15) is 0 Å². The van der Waals surface area contributed by atoms with Crippen LogP contribution in [0.3, 0.4) is 0 Å². The van der Waals surface area contributed by atoms with Gasteiger partial charge in [0, 0.05) is 26.3 Å². The van der Waals surface area contributed by atoms with E-state index < -0.39 is 0 Å². The van der Waals surface area contributed by atoms with Crippen LogP contribution in [0.5, 0.6) is 0 Å². The van der Waals surface area contributed by atoms with E-state index in [1.165, 1.54) is 0 Å². The summed E-state index contributed by atoms with van der Waals surface area (Å²) < 4.78 is 5.37. The predicted molar refractivity (Wildman–Crippen MR) is 68.4 cm³/mol. The van der Waals surface area contributed by atoms with Crippen LogP contribution < -0.4 is 10.2 Å². The molecule has 0 saturated carbocycles. The minimum atomic E-state index is 0.0546. The van der Waals surface area contributed by atoms with Crippen molar-refractivity contribution in [3.8, 4) is 0 Å². The quantitative estimate of drug-likeness (QED) is 0.869. The molecular formula is C13H15N3O2. The van der Waals surface area contributed by atoms with Gasteiger partial charge >= 0.3 is 0 Å². The molecule has 1 saturated heterocycles. The molecule has 0 bridgehead atoms. The smallest absolute Gasteiger partial charge is 0.224 e. The lowest BCUT2D eigenvalue weighted by molar-refractivity contribution is -0.123. The Morgan fingerprint density at radius 1 is 1.56 bits per heavy atom. The zero-order valence-corrected chi connectivity index (χ0v) is 10.2. The number of nitrogens with zero attached hydrogens (tertiary/aromatic N) is 2. The number of aromatic nitrogens is 1. The van der Waals surface area contributed by atoms with Crippen molar-refractivity contribution in [3.63, 3.8) is 0 Å². The number of pyridine rings is 1. The summed E-state index contributed by atoms with van der Waals surface area (Å²) in [5.41, 5.74) is 0.836. The largest absolute Gasteiger partial charge is 0.464 e. The Morgan fingerprint density at radius 3 is 3.28 bits per heavy atom. The molecule has 18 heavy (non-hydrogen) atoms. The van der Waals surface area contributed by atoms with Crippen LogP contribution in [0, 0.1) is 5.92 Å². The van der Waals surface area contributed by atoms with Crippen LogP contribution >= 0.6 is 0 Å². The molecule has 1 atom stereocenters. The molecule has 1 aliphatic rings. The number of anilines is 1. The molecule has 1 N–H and O–H groups in total. The second-order valence-corrected chi connectivity index (χ2v) is 4.51. The third-order valence-corrected chi connectivity index (χ3v) is 3.46. The lowest BCUT2D eigenvalue weighted by Gasteiger charge is -2.17. The van der Waals surface area contributed by atoms with Gasteiger partial charge in [-0.1, -0.05) is 0 Å². The Kier molecular flexibility index (Phi) is 2.66. The summed E-state index contributed by atoms with van der Waals surface area (Å²) in [5, 5.41) is 3.72. The highest BCUT2D eigenvalue weighted by atomic mass is 16.3. The molecule has 3 heterocycles. The SMILES string of the molecule is CNC(=O)C1CCN(c2nccc3occc23)C1. The van der Waals surface area contributed by atoms with Crippen LogP contribution in [0.4, 0.5) is 5.82 Å². The van der Waals surface area contributed by atoms with E-state index in [9.17, 15) is 4.79 Å². The molecule has 1 unspecified atom stereocenters. The predicted octanol–water partition coefficient (Wildman–Crippen LogP) is 1.40. The summed E-state index contributed by atoms with van der Waals surface area (Å²) in [7, 11) is 1.68. The first-order chi connectivity index (χ1) is 8.79. The van der Waals surface area contributed by atoms with Crippen LogP contribution in [0.25, 0.3) is 11.0 Å². The monoisotopic (exact) mass is 245 g/mol. The fraction of sp³-hybridized carbons (Fsp3) is 0.385. The Hall–Kier alpha value is -2.04. The molecule has 2 aromatic rings. The van der Waals surface area contributed by atoms with E-state index in [0.717, 1.165) is 36.3 Å². The molecule has 0 spiro atoms. The van der Waals surface area contributed by atoms with Gasteiger partial charge in [0.05, 0.1) is 17.6 Å². The van der Waals surface area contributed by atoms with E-state index in [-0.39, 0.29) is 11.8 Å². The number of fused-ring (bicyclic) bond motifs is 1. The first-order valence-electron chi connectivity index (χ1n) is 6.08. The molecule has 2 aromatic heterocycles. The maximum Gasteiger partial charge on any atom is 0.224 e. The highest BCUT2D eigenvalue weighted by molar-refractivity contribution is 5.89. The summed E-state index contributed by atoms with van der Waals surface area (Å²) >= 11 is 0. The molecule has 5 nitrogen and oxygen atoms in total. The fourth-order valence-electron chi connectivity index (χ4n) is 2.50. The molecule has 94 valence electrons. The van der Waals surface area contributed by atoms with Crippen molar-refractivity contribution in [3.05, 3.63) is 24.6 Å². The van der Waals surface area contributed by atoms with Gasteiger partial charge in [0.15, 0.2) is 0 Å². The molecule has 3 rings (SSSR count). The van der Waals surface area contributed by atoms with Crippen LogP contribution in [0.2, 0.25) is 0 Å². The van der Waals surface area contributed by atoms with Crippen molar-refractivity contribution in [1.82, 2.24) is 10.3 Å². The van der Waals surface area contributed by atoms with E-state index in [4.69, 9.17) is 4.42 Å². The van der Waals surface area contributed by atoms with Crippen LogP contribution in [-0.2, 0) is 4.79 Å². The highest BCUT2D eigenvalue weighted by Crippen LogP contribution is 2.29. The second kappa shape index (κ2) is 4.33. The molecule has 5 heteroatoms. The van der Waals surface area contributed by atoms with Gasteiger partial charge in [-0.25, -0.2) is 4.98 Å². The third-order valence-electron chi connectivity index (χ3n) is 3.46. The van der Waals surface area contributed by atoms with Crippen molar-refractivity contribution < 1.29 is 9.21 Å². The van der Waals surface area contributed by atoms with E-state index in [1.807, 2.05) is 12.1 Å². The summed E-state index contributed by atoms with van der Waals surface area (Å²) in [6, 6.07) is 3.77. The number of carbonyl (C=O) groups is 1. The summed E-state index contributed by atoms with van der Waals surface area (Å²) in [4.78, 5) is 18.2. The number of amides is 1. The van der Waals surface area contributed by atoms with Gasteiger partial charge in [0.1, 0.15) is 11.4 Å². The van der Waals surface area contributed by atoms with Crippen molar-refractivity contribution in [2.45, 2.75) is 6.42 Å². The average molecular weight is 245 g/mol. The standard InChI is InChI=1S/C13H15N3O2/c1-14-13(17)9-3-6-16(8-9)12-10-4-7-18-11(10)2-5-15-12/h2,4-5,7,9H,3,6,8H2,1H3,(H,14,17). The Bertz CT molecular complexity index is 578. The molecule has 0 aromatic carbocycles. The maximum absolute atomic E-state index is 11.6. The van der Waals surface area contributed by atoms with E-state index in [1.54, 1.807) is 19.5 Å². The van der Waals surface area contributed by atoms with Crippen molar-refractivity contribution >= 4 is 22.7 Å². The summed E-state index contributed by atoms with van der Waals surface area (Å²) in [6.45, 7) is 1.58. The number of furan rings is 1. The van der Waals surface area contributed by atoms with Crippen molar-refractivity contribution in [1.29, 1.82) is 0 Å². The topological polar surface area (TPSA) is 58.4 Å². The van der Waals surface area contributed by atoms with Crippen molar-refractivity contribution in [2.24, 2.45) is 5.92 Å². The molecule has 1 aliphatic heterocycles. The second-order valence-electron chi connectivity index (χ2n) is 4.51. The average Bonchev–Trinajstić information content (AvgIpc) is 3.05. The molecule has 1 fully saturated rings. The fourth-order valence-corrected chi connectivity index (χ4v) is 2.50. The van der Waals surface area contributed by atoms with E-state index in [2.05, 4.69) is 15.2 Å². The first-order valence-corrected chi connectivity index (χ1v) is 6.08. The molecule has 0 radical (unpaired) electrons.